The summed E-state index contributed by atoms with van der Waals surface area (Å²) < 4.78 is 1.55. The van der Waals surface area contributed by atoms with Crippen molar-refractivity contribution in [1.82, 2.24) is 15.0 Å². The first-order valence-corrected chi connectivity index (χ1v) is 4.45. The lowest BCUT2D eigenvalue weighted by Crippen LogP contribution is -2.01. The highest BCUT2D eigenvalue weighted by molar-refractivity contribution is 6.30. The predicted octanol–water partition coefficient (Wildman–Crippen LogP) is 1.41. The third-order valence-corrected chi connectivity index (χ3v) is 2.07. The fourth-order valence-electron chi connectivity index (χ4n) is 1.19. The fourth-order valence-corrected chi connectivity index (χ4v) is 1.37. The summed E-state index contributed by atoms with van der Waals surface area (Å²) in [6, 6.07) is 7.20. The number of rotatable bonds is 2. The molecule has 0 atom stereocenters. The van der Waals surface area contributed by atoms with E-state index < -0.39 is 0 Å². The number of hydrogen-bond acceptors (Lipinski definition) is 3. The molecule has 1 heterocycles. The number of hydrogen-bond donors (Lipinski definition) is 1. The van der Waals surface area contributed by atoms with Crippen molar-refractivity contribution in [3.05, 3.63) is 41.2 Å². The first-order chi connectivity index (χ1) is 6.81. The second kappa shape index (κ2) is 3.77. The minimum Gasteiger partial charge on any atom is -0.390 e. The molecule has 5 heteroatoms. The number of aliphatic hydroxyl groups excluding tert-OH is 1. The standard InChI is InChI=1S/C9H8ClN3O/c10-7-2-1-3-8(4-7)13-9(6-14)5-11-12-13/h1-5,14H,6H2. The quantitative estimate of drug-likeness (QED) is 0.814. The maximum absolute atomic E-state index is 9.00. The van der Waals surface area contributed by atoms with Crippen molar-refractivity contribution in [2.75, 3.05) is 0 Å². The van der Waals surface area contributed by atoms with Crippen LogP contribution in [0.5, 0.6) is 0 Å². The van der Waals surface area contributed by atoms with Gasteiger partial charge in [0.15, 0.2) is 0 Å². The van der Waals surface area contributed by atoms with Gasteiger partial charge in [-0.05, 0) is 18.2 Å². The van der Waals surface area contributed by atoms with Crippen molar-refractivity contribution in [1.29, 1.82) is 0 Å². The molecule has 2 rings (SSSR count). The number of benzene rings is 1. The van der Waals surface area contributed by atoms with Gasteiger partial charge in [0.05, 0.1) is 24.2 Å². The Bertz CT molecular complexity index is 441. The topological polar surface area (TPSA) is 50.9 Å². The van der Waals surface area contributed by atoms with Crippen molar-refractivity contribution < 1.29 is 5.11 Å². The van der Waals surface area contributed by atoms with Gasteiger partial charge < -0.3 is 5.11 Å². The van der Waals surface area contributed by atoms with Crippen LogP contribution in [-0.2, 0) is 6.61 Å². The molecule has 0 aliphatic rings. The highest BCUT2D eigenvalue weighted by Crippen LogP contribution is 2.15. The molecule has 0 unspecified atom stereocenters. The van der Waals surface area contributed by atoms with Gasteiger partial charge in [0, 0.05) is 5.02 Å². The van der Waals surface area contributed by atoms with Crippen LogP contribution in [0.15, 0.2) is 30.5 Å². The highest BCUT2D eigenvalue weighted by atomic mass is 35.5. The number of aliphatic hydroxyl groups is 1. The molecule has 0 bridgehead atoms. The van der Waals surface area contributed by atoms with E-state index in [1.54, 1.807) is 16.8 Å². The van der Waals surface area contributed by atoms with Crippen molar-refractivity contribution >= 4 is 11.6 Å². The summed E-state index contributed by atoms with van der Waals surface area (Å²) in [5, 5.41) is 17.2. The molecule has 0 saturated heterocycles. The maximum Gasteiger partial charge on any atom is 0.0900 e. The highest BCUT2D eigenvalue weighted by Gasteiger charge is 2.04. The molecule has 0 aliphatic carbocycles. The molecule has 72 valence electrons. The van der Waals surface area contributed by atoms with E-state index in [-0.39, 0.29) is 6.61 Å². The first-order valence-electron chi connectivity index (χ1n) is 4.07. The SMILES string of the molecule is OCc1cnnn1-c1cccc(Cl)c1. The van der Waals surface area contributed by atoms with Crippen molar-refractivity contribution in [3.8, 4) is 5.69 Å². The zero-order chi connectivity index (χ0) is 9.97. The van der Waals surface area contributed by atoms with Crippen LogP contribution in [-0.4, -0.2) is 20.1 Å². The zero-order valence-corrected chi connectivity index (χ0v) is 8.02. The van der Waals surface area contributed by atoms with Gasteiger partial charge in [-0.1, -0.05) is 22.9 Å². The molecule has 1 N–H and O–H groups in total. The van der Waals surface area contributed by atoms with E-state index in [9.17, 15) is 0 Å². The number of nitrogens with zero attached hydrogens (tertiary/aromatic N) is 3. The summed E-state index contributed by atoms with van der Waals surface area (Å²) in [6.45, 7) is -0.0977. The van der Waals surface area contributed by atoms with Crippen LogP contribution in [0.4, 0.5) is 0 Å². The van der Waals surface area contributed by atoms with Crippen molar-refractivity contribution in [3.63, 3.8) is 0 Å². The molecule has 0 saturated carbocycles. The molecule has 2 aromatic rings. The van der Waals surface area contributed by atoms with Gasteiger partial charge in [-0.25, -0.2) is 4.68 Å². The molecule has 1 aromatic carbocycles. The summed E-state index contributed by atoms with van der Waals surface area (Å²) in [7, 11) is 0. The lowest BCUT2D eigenvalue weighted by Gasteiger charge is -2.03. The molecule has 14 heavy (non-hydrogen) atoms. The average Bonchev–Trinajstić information content (AvgIpc) is 2.65. The largest absolute Gasteiger partial charge is 0.390 e. The van der Waals surface area contributed by atoms with Crippen molar-refractivity contribution in [2.24, 2.45) is 0 Å². The number of halogens is 1. The van der Waals surface area contributed by atoms with Gasteiger partial charge in [0.25, 0.3) is 0 Å². The molecular weight excluding hydrogens is 202 g/mol. The third kappa shape index (κ3) is 1.62. The van der Waals surface area contributed by atoms with Gasteiger partial charge in [0.2, 0.25) is 0 Å². The Morgan fingerprint density at radius 3 is 3.00 bits per heavy atom. The molecule has 4 nitrogen and oxygen atoms in total. The summed E-state index contributed by atoms with van der Waals surface area (Å²) in [6.07, 6.45) is 1.51. The Morgan fingerprint density at radius 2 is 2.29 bits per heavy atom. The van der Waals surface area contributed by atoms with Crippen LogP contribution in [0, 0.1) is 0 Å². The van der Waals surface area contributed by atoms with Gasteiger partial charge >= 0.3 is 0 Å². The summed E-state index contributed by atoms with van der Waals surface area (Å²) in [4.78, 5) is 0. The Labute approximate surface area is 85.7 Å². The monoisotopic (exact) mass is 209 g/mol. The Balaban J connectivity index is 2.49. The lowest BCUT2D eigenvalue weighted by molar-refractivity contribution is 0.273. The molecule has 0 fully saturated rings. The Morgan fingerprint density at radius 1 is 1.43 bits per heavy atom. The van der Waals surface area contributed by atoms with Gasteiger partial charge in [-0.3, -0.25) is 0 Å². The van der Waals surface area contributed by atoms with Crippen LogP contribution in [0.2, 0.25) is 5.02 Å². The van der Waals surface area contributed by atoms with Gasteiger partial charge in [-0.2, -0.15) is 0 Å². The zero-order valence-electron chi connectivity index (χ0n) is 7.26. The Hall–Kier alpha value is -1.39. The Kier molecular flexibility index (Phi) is 2.47. The van der Waals surface area contributed by atoms with Crippen LogP contribution in [0.3, 0.4) is 0 Å². The first kappa shape index (κ1) is 9.18. The molecule has 0 spiro atoms. The number of aromatic nitrogens is 3. The normalized spacial score (nSPS) is 10.4. The van der Waals surface area contributed by atoms with E-state index in [0.717, 1.165) is 5.69 Å². The van der Waals surface area contributed by atoms with E-state index in [1.165, 1.54) is 6.20 Å². The molecule has 0 aliphatic heterocycles. The molecular formula is C9H8ClN3O. The second-order valence-electron chi connectivity index (χ2n) is 2.78. The smallest absolute Gasteiger partial charge is 0.0900 e. The predicted molar refractivity (Wildman–Crippen MR) is 52.3 cm³/mol. The van der Waals surface area contributed by atoms with E-state index in [0.29, 0.717) is 10.7 Å². The van der Waals surface area contributed by atoms with E-state index >= 15 is 0 Å². The van der Waals surface area contributed by atoms with Gasteiger partial charge in [0.1, 0.15) is 0 Å². The van der Waals surface area contributed by atoms with Crippen LogP contribution >= 0.6 is 11.6 Å². The van der Waals surface area contributed by atoms with E-state index in [2.05, 4.69) is 10.3 Å². The third-order valence-electron chi connectivity index (χ3n) is 1.83. The van der Waals surface area contributed by atoms with Crippen molar-refractivity contribution in [2.45, 2.75) is 6.61 Å². The second-order valence-corrected chi connectivity index (χ2v) is 3.21. The molecule has 0 radical (unpaired) electrons. The van der Waals surface area contributed by atoms with E-state index in [4.69, 9.17) is 16.7 Å². The summed E-state index contributed by atoms with van der Waals surface area (Å²) >= 11 is 5.83. The minimum atomic E-state index is -0.0977. The lowest BCUT2D eigenvalue weighted by atomic mass is 10.3. The average molecular weight is 210 g/mol. The minimum absolute atomic E-state index is 0.0977. The van der Waals surface area contributed by atoms with E-state index in [1.807, 2.05) is 12.1 Å². The summed E-state index contributed by atoms with van der Waals surface area (Å²) in [5.41, 5.74) is 1.42. The van der Waals surface area contributed by atoms with Crippen LogP contribution < -0.4 is 0 Å². The maximum atomic E-state index is 9.00. The van der Waals surface area contributed by atoms with Gasteiger partial charge in [-0.15, -0.1) is 5.10 Å². The fraction of sp³-hybridized carbons (Fsp3) is 0.111. The van der Waals surface area contributed by atoms with Crippen LogP contribution in [0.1, 0.15) is 5.69 Å². The molecule has 0 amide bonds. The van der Waals surface area contributed by atoms with Crippen LogP contribution in [0.25, 0.3) is 5.69 Å². The summed E-state index contributed by atoms with van der Waals surface area (Å²) in [5.74, 6) is 0. The molecule has 1 aromatic heterocycles.